The van der Waals surface area contributed by atoms with Gasteiger partial charge in [0.25, 0.3) is 0 Å². The lowest BCUT2D eigenvalue weighted by Gasteiger charge is -2.13. The van der Waals surface area contributed by atoms with Gasteiger partial charge in [-0.1, -0.05) is 6.92 Å². The summed E-state index contributed by atoms with van der Waals surface area (Å²) in [5, 5.41) is 12.7. The van der Waals surface area contributed by atoms with Crippen molar-refractivity contribution in [3.63, 3.8) is 0 Å². The van der Waals surface area contributed by atoms with Gasteiger partial charge in [0.1, 0.15) is 0 Å². The Balaban J connectivity index is 2.80. The number of methoxy groups -OCH3 is 1. The minimum Gasteiger partial charge on any atom is -0.465 e. The van der Waals surface area contributed by atoms with Gasteiger partial charge in [0, 0.05) is 17.9 Å². The van der Waals surface area contributed by atoms with Crippen molar-refractivity contribution in [3.8, 4) is 0 Å². The van der Waals surface area contributed by atoms with Crippen molar-refractivity contribution in [3.05, 3.63) is 23.3 Å². The van der Waals surface area contributed by atoms with E-state index >= 15 is 0 Å². The first-order valence-electron chi connectivity index (χ1n) is 6.40. The van der Waals surface area contributed by atoms with Gasteiger partial charge in [-0.15, -0.1) is 0 Å². The average Bonchev–Trinajstić information content (AvgIpc) is 2.41. The molecule has 19 heavy (non-hydrogen) atoms. The van der Waals surface area contributed by atoms with E-state index in [1.165, 1.54) is 7.11 Å². The first-order valence-corrected chi connectivity index (χ1v) is 6.40. The Morgan fingerprint density at radius 2 is 2.21 bits per heavy atom. The largest absolute Gasteiger partial charge is 0.465 e. The summed E-state index contributed by atoms with van der Waals surface area (Å²) in [4.78, 5) is 11.6. The molecule has 0 amide bonds. The van der Waals surface area contributed by atoms with Crippen LogP contribution >= 0.6 is 0 Å². The van der Waals surface area contributed by atoms with Crippen molar-refractivity contribution in [1.82, 2.24) is 0 Å². The number of aliphatic hydroxyl groups is 1. The van der Waals surface area contributed by atoms with Crippen LogP contribution in [0.25, 0.3) is 0 Å². The number of anilines is 2. The summed E-state index contributed by atoms with van der Waals surface area (Å²) in [7, 11) is 1.33. The van der Waals surface area contributed by atoms with Gasteiger partial charge in [-0.2, -0.15) is 0 Å². The number of rotatable bonds is 6. The second-order valence-corrected chi connectivity index (χ2v) is 4.52. The summed E-state index contributed by atoms with van der Waals surface area (Å²) in [5.41, 5.74) is 8.28. The van der Waals surface area contributed by atoms with Crippen molar-refractivity contribution in [2.45, 2.75) is 32.8 Å². The maximum absolute atomic E-state index is 11.6. The number of benzene rings is 1. The van der Waals surface area contributed by atoms with E-state index in [4.69, 9.17) is 10.5 Å². The molecule has 0 radical (unpaired) electrons. The number of nitrogens with one attached hydrogen (secondary N) is 1. The lowest BCUT2D eigenvalue weighted by Crippen LogP contribution is -2.13. The number of hydrogen-bond acceptors (Lipinski definition) is 5. The molecule has 0 fully saturated rings. The van der Waals surface area contributed by atoms with Gasteiger partial charge >= 0.3 is 5.97 Å². The van der Waals surface area contributed by atoms with E-state index in [1.54, 1.807) is 6.07 Å². The summed E-state index contributed by atoms with van der Waals surface area (Å²) < 4.78 is 4.70. The molecule has 1 aromatic carbocycles. The molecule has 1 aromatic rings. The van der Waals surface area contributed by atoms with Gasteiger partial charge in [-0.3, -0.25) is 0 Å². The van der Waals surface area contributed by atoms with Gasteiger partial charge in [0.2, 0.25) is 0 Å². The highest BCUT2D eigenvalue weighted by molar-refractivity contribution is 5.97. The van der Waals surface area contributed by atoms with E-state index in [0.717, 1.165) is 17.7 Å². The van der Waals surface area contributed by atoms with Gasteiger partial charge < -0.3 is 20.9 Å². The van der Waals surface area contributed by atoms with Gasteiger partial charge in [0.05, 0.1) is 18.8 Å². The number of hydrogen-bond donors (Lipinski definition) is 3. The maximum atomic E-state index is 11.6. The molecule has 4 N–H and O–H groups in total. The zero-order valence-corrected chi connectivity index (χ0v) is 11.7. The Kier molecular flexibility index (Phi) is 5.63. The van der Waals surface area contributed by atoms with Crippen LogP contribution in [0.15, 0.2) is 12.1 Å². The molecule has 0 bridgehead atoms. The zero-order valence-electron chi connectivity index (χ0n) is 11.7. The van der Waals surface area contributed by atoms with Crippen LogP contribution < -0.4 is 11.1 Å². The minimum absolute atomic E-state index is 0.303. The molecule has 106 valence electrons. The van der Waals surface area contributed by atoms with Crippen molar-refractivity contribution in [2.24, 2.45) is 0 Å². The summed E-state index contributed by atoms with van der Waals surface area (Å²) in [6.07, 6.45) is 1.09. The van der Waals surface area contributed by atoms with Crippen LogP contribution in [0, 0.1) is 6.92 Å². The fraction of sp³-hybridized carbons (Fsp3) is 0.500. The number of nitrogen functional groups attached to an aromatic ring is 1. The van der Waals surface area contributed by atoms with E-state index in [0.29, 0.717) is 24.2 Å². The molecule has 0 aliphatic heterocycles. The Bertz CT molecular complexity index is 447. The van der Waals surface area contributed by atoms with Crippen LogP contribution in [-0.2, 0) is 4.74 Å². The molecule has 1 atom stereocenters. The Hall–Kier alpha value is -1.75. The smallest absolute Gasteiger partial charge is 0.340 e. The van der Waals surface area contributed by atoms with Crippen LogP contribution in [0.5, 0.6) is 0 Å². The molecular weight excluding hydrogens is 244 g/mol. The molecule has 0 heterocycles. The molecule has 5 heteroatoms. The highest BCUT2D eigenvalue weighted by atomic mass is 16.5. The second-order valence-electron chi connectivity index (χ2n) is 4.52. The van der Waals surface area contributed by atoms with E-state index in [1.807, 2.05) is 19.9 Å². The molecule has 0 saturated carbocycles. The van der Waals surface area contributed by atoms with Crippen molar-refractivity contribution in [1.29, 1.82) is 0 Å². The third-order valence-corrected chi connectivity index (χ3v) is 3.07. The van der Waals surface area contributed by atoms with E-state index < -0.39 is 5.97 Å². The fourth-order valence-electron chi connectivity index (χ4n) is 1.77. The number of esters is 1. The minimum atomic E-state index is -0.446. The SMILES string of the molecule is CCC(O)CCNc1cc(C)c(N)c(C(=O)OC)c1. The van der Waals surface area contributed by atoms with Crippen LogP contribution in [-0.4, -0.2) is 30.8 Å². The van der Waals surface area contributed by atoms with Crippen LogP contribution in [0.2, 0.25) is 0 Å². The Labute approximate surface area is 113 Å². The Morgan fingerprint density at radius 3 is 2.79 bits per heavy atom. The van der Waals surface area contributed by atoms with Gasteiger partial charge in [-0.05, 0) is 37.5 Å². The summed E-state index contributed by atoms with van der Waals surface area (Å²) in [6.45, 7) is 4.42. The van der Waals surface area contributed by atoms with E-state index in [9.17, 15) is 9.90 Å². The normalized spacial score (nSPS) is 12.0. The fourth-order valence-corrected chi connectivity index (χ4v) is 1.77. The zero-order chi connectivity index (χ0) is 14.4. The highest BCUT2D eigenvalue weighted by Crippen LogP contribution is 2.23. The third kappa shape index (κ3) is 4.13. The van der Waals surface area contributed by atoms with E-state index in [-0.39, 0.29) is 6.10 Å². The van der Waals surface area contributed by atoms with Gasteiger partial charge in [0.15, 0.2) is 0 Å². The number of aryl methyl sites for hydroxylation is 1. The topological polar surface area (TPSA) is 84.6 Å². The number of nitrogens with two attached hydrogens (primary N) is 1. The molecular formula is C14H22N2O3. The third-order valence-electron chi connectivity index (χ3n) is 3.07. The first kappa shape index (κ1) is 15.3. The van der Waals surface area contributed by atoms with Crippen LogP contribution in [0.3, 0.4) is 0 Å². The standard InChI is InChI=1S/C14H22N2O3/c1-4-11(17)5-6-16-10-7-9(2)13(15)12(8-10)14(18)19-3/h7-8,11,16-17H,4-6,15H2,1-3H3. The number of ether oxygens (including phenoxy) is 1. The molecule has 0 saturated heterocycles. The number of aliphatic hydroxyl groups excluding tert-OH is 1. The average molecular weight is 266 g/mol. The second kappa shape index (κ2) is 6.99. The summed E-state index contributed by atoms with van der Waals surface area (Å²) >= 11 is 0. The Morgan fingerprint density at radius 1 is 1.53 bits per heavy atom. The quantitative estimate of drug-likeness (QED) is 0.541. The lowest BCUT2D eigenvalue weighted by atomic mass is 10.1. The van der Waals surface area contributed by atoms with Crippen molar-refractivity contribution < 1.29 is 14.6 Å². The predicted molar refractivity (Wildman–Crippen MR) is 76.3 cm³/mol. The molecule has 0 aliphatic rings. The monoisotopic (exact) mass is 266 g/mol. The van der Waals surface area contributed by atoms with E-state index in [2.05, 4.69) is 5.32 Å². The predicted octanol–water partition coefficient (Wildman–Crippen LogP) is 1.94. The van der Waals surface area contributed by atoms with Gasteiger partial charge in [-0.25, -0.2) is 4.79 Å². The maximum Gasteiger partial charge on any atom is 0.340 e. The molecule has 5 nitrogen and oxygen atoms in total. The molecule has 0 aliphatic carbocycles. The molecule has 1 rings (SSSR count). The number of carbonyl (C=O) groups is 1. The molecule has 0 aromatic heterocycles. The van der Waals surface area contributed by atoms with Crippen molar-refractivity contribution in [2.75, 3.05) is 24.7 Å². The number of carbonyl (C=O) groups excluding carboxylic acids is 1. The molecule has 0 spiro atoms. The lowest BCUT2D eigenvalue weighted by molar-refractivity contribution is 0.0602. The first-order chi connectivity index (χ1) is 8.99. The van der Waals surface area contributed by atoms with Crippen LogP contribution in [0.1, 0.15) is 35.7 Å². The molecule has 1 unspecified atom stereocenters. The summed E-state index contributed by atoms with van der Waals surface area (Å²) in [6, 6.07) is 3.55. The summed E-state index contributed by atoms with van der Waals surface area (Å²) in [5.74, 6) is -0.446. The van der Waals surface area contributed by atoms with Crippen molar-refractivity contribution >= 4 is 17.3 Å². The van der Waals surface area contributed by atoms with Crippen LogP contribution in [0.4, 0.5) is 11.4 Å². The highest BCUT2D eigenvalue weighted by Gasteiger charge is 2.13.